The maximum absolute atomic E-state index is 5.27. The zero-order valence-electron chi connectivity index (χ0n) is 6.00. The summed E-state index contributed by atoms with van der Waals surface area (Å²) in [6.45, 7) is 0.732. The van der Waals surface area contributed by atoms with E-state index >= 15 is 0 Å². The largest absolute Gasteiger partial charge is 0.491 e. The fourth-order valence-electron chi connectivity index (χ4n) is 1.14. The van der Waals surface area contributed by atoms with Crippen molar-refractivity contribution < 1.29 is 4.74 Å². The second-order valence-corrected chi connectivity index (χ2v) is 2.38. The van der Waals surface area contributed by atoms with Crippen LogP contribution in [0.1, 0.15) is 5.69 Å². The first kappa shape index (κ1) is 6.42. The minimum atomic E-state index is 0.689. The van der Waals surface area contributed by atoms with Crippen LogP contribution < -0.4 is 16.0 Å². The first-order valence-electron chi connectivity index (χ1n) is 3.49. The molecule has 0 amide bonds. The molecule has 0 atom stereocenters. The first-order chi connectivity index (χ1) is 5.40. The van der Waals surface area contributed by atoms with Crippen LogP contribution >= 0.6 is 0 Å². The standard InChI is InChI=1S/C7H9N3O/c8-10-7-2-1-6-5(9-7)3-4-11-6/h1-2H,3-4,8H2,(H,9,10). The lowest BCUT2D eigenvalue weighted by molar-refractivity contribution is 0.357. The normalized spacial score (nSPS) is 13.9. The van der Waals surface area contributed by atoms with E-state index in [-0.39, 0.29) is 0 Å². The van der Waals surface area contributed by atoms with Gasteiger partial charge in [0.05, 0.1) is 12.3 Å². The van der Waals surface area contributed by atoms with Crippen LogP contribution in [-0.2, 0) is 6.42 Å². The van der Waals surface area contributed by atoms with Crippen LogP contribution in [0.25, 0.3) is 0 Å². The summed E-state index contributed by atoms with van der Waals surface area (Å²) < 4.78 is 5.27. The number of nitrogens with zero attached hydrogens (tertiary/aromatic N) is 1. The van der Waals surface area contributed by atoms with E-state index in [0.29, 0.717) is 5.82 Å². The molecule has 0 saturated carbocycles. The Kier molecular flexibility index (Phi) is 1.40. The van der Waals surface area contributed by atoms with Crippen molar-refractivity contribution in [2.45, 2.75) is 6.42 Å². The van der Waals surface area contributed by atoms with E-state index < -0.39 is 0 Å². The molecule has 0 fully saturated rings. The van der Waals surface area contributed by atoms with Gasteiger partial charge >= 0.3 is 0 Å². The Bertz CT molecular complexity index is 274. The monoisotopic (exact) mass is 151 g/mol. The quantitative estimate of drug-likeness (QED) is 0.447. The predicted molar refractivity (Wildman–Crippen MR) is 41.2 cm³/mol. The molecule has 0 spiro atoms. The number of hydrogen-bond acceptors (Lipinski definition) is 4. The van der Waals surface area contributed by atoms with Gasteiger partial charge in [0.15, 0.2) is 0 Å². The number of fused-ring (bicyclic) bond motifs is 1. The summed E-state index contributed by atoms with van der Waals surface area (Å²) in [5.74, 6) is 6.76. The Morgan fingerprint density at radius 2 is 2.45 bits per heavy atom. The van der Waals surface area contributed by atoms with E-state index in [9.17, 15) is 0 Å². The molecular formula is C7H9N3O. The average Bonchev–Trinajstić information content (AvgIpc) is 2.50. The number of nitrogen functional groups attached to an aromatic ring is 1. The number of anilines is 1. The van der Waals surface area contributed by atoms with Gasteiger partial charge in [-0.25, -0.2) is 10.8 Å². The van der Waals surface area contributed by atoms with Crippen molar-refractivity contribution in [3.63, 3.8) is 0 Å². The Morgan fingerprint density at radius 3 is 3.27 bits per heavy atom. The molecule has 1 aliphatic rings. The highest BCUT2D eigenvalue weighted by atomic mass is 16.5. The molecule has 1 aromatic rings. The van der Waals surface area contributed by atoms with Gasteiger partial charge in [-0.15, -0.1) is 0 Å². The molecular weight excluding hydrogens is 142 g/mol. The zero-order chi connectivity index (χ0) is 7.68. The van der Waals surface area contributed by atoms with E-state index in [1.165, 1.54) is 0 Å². The van der Waals surface area contributed by atoms with Crippen molar-refractivity contribution >= 4 is 5.82 Å². The second kappa shape index (κ2) is 2.39. The molecule has 0 radical (unpaired) electrons. The Labute approximate surface area is 64.3 Å². The third-order valence-electron chi connectivity index (χ3n) is 1.68. The molecule has 1 aromatic heterocycles. The van der Waals surface area contributed by atoms with E-state index in [2.05, 4.69) is 10.4 Å². The summed E-state index contributed by atoms with van der Waals surface area (Å²) in [5, 5.41) is 0. The van der Waals surface area contributed by atoms with E-state index in [1.807, 2.05) is 6.07 Å². The molecule has 0 bridgehead atoms. The van der Waals surface area contributed by atoms with Gasteiger partial charge < -0.3 is 10.2 Å². The number of rotatable bonds is 1. The van der Waals surface area contributed by atoms with Gasteiger partial charge in [-0.1, -0.05) is 0 Å². The topological polar surface area (TPSA) is 60.2 Å². The highest BCUT2D eigenvalue weighted by Crippen LogP contribution is 2.23. The summed E-state index contributed by atoms with van der Waals surface area (Å²) >= 11 is 0. The van der Waals surface area contributed by atoms with Gasteiger partial charge in [-0.2, -0.15) is 0 Å². The number of pyridine rings is 1. The number of hydrogen-bond donors (Lipinski definition) is 2. The highest BCUT2D eigenvalue weighted by molar-refractivity contribution is 5.42. The molecule has 0 saturated heterocycles. The number of nitrogens with one attached hydrogen (secondary N) is 1. The average molecular weight is 151 g/mol. The molecule has 4 heteroatoms. The summed E-state index contributed by atoms with van der Waals surface area (Å²) in [6.07, 6.45) is 0.880. The van der Waals surface area contributed by atoms with Gasteiger partial charge in [-0.3, -0.25) is 0 Å². The molecule has 1 aliphatic heterocycles. The van der Waals surface area contributed by atoms with E-state index in [1.54, 1.807) is 6.07 Å². The molecule has 3 N–H and O–H groups in total. The number of aromatic nitrogens is 1. The smallest absolute Gasteiger partial charge is 0.141 e. The summed E-state index contributed by atoms with van der Waals surface area (Å²) in [4.78, 5) is 4.21. The summed E-state index contributed by atoms with van der Waals surface area (Å²) in [6, 6.07) is 3.68. The molecule has 4 nitrogen and oxygen atoms in total. The van der Waals surface area contributed by atoms with Crippen molar-refractivity contribution in [1.82, 2.24) is 4.98 Å². The molecule has 11 heavy (non-hydrogen) atoms. The van der Waals surface area contributed by atoms with Crippen molar-refractivity contribution in [3.8, 4) is 5.75 Å². The maximum atomic E-state index is 5.27. The molecule has 2 rings (SSSR count). The summed E-state index contributed by atoms with van der Waals surface area (Å²) in [7, 11) is 0. The summed E-state index contributed by atoms with van der Waals surface area (Å²) in [5.41, 5.74) is 3.48. The Hall–Kier alpha value is -1.29. The second-order valence-electron chi connectivity index (χ2n) is 2.38. The van der Waals surface area contributed by atoms with Crippen molar-refractivity contribution in [3.05, 3.63) is 17.8 Å². The molecule has 0 aliphatic carbocycles. The van der Waals surface area contributed by atoms with Crippen LogP contribution in [0.15, 0.2) is 12.1 Å². The van der Waals surface area contributed by atoms with Gasteiger partial charge in [-0.05, 0) is 12.1 Å². The SMILES string of the molecule is NNc1ccc2c(n1)CCO2. The third kappa shape index (κ3) is 1.01. The van der Waals surface area contributed by atoms with Crippen LogP contribution in [-0.4, -0.2) is 11.6 Å². The van der Waals surface area contributed by atoms with Gasteiger partial charge in [0, 0.05) is 6.42 Å². The van der Waals surface area contributed by atoms with Crippen LogP contribution in [0, 0.1) is 0 Å². The fraction of sp³-hybridized carbons (Fsp3) is 0.286. The minimum absolute atomic E-state index is 0.689. The van der Waals surface area contributed by atoms with Crippen LogP contribution in [0.4, 0.5) is 5.82 Å². The highest BCUT2D eigenvalue weighted by Gasteiger charge is 2.12. The van der Waals surface area contributed by atoms with Crippen LogP contribution in [0.2, 0.25) is 0 Å². The number of hydrazine groups is 1. The fourth-order valence-corrected chi connectivity index (χ4v) is 1.14. The molecule has 58 valence electrons. The van der Waals surface area contributed by atoms with Crippen molar-refractivity contribution in [1.29, 1.82) is 0 Å². The minimum Gasteiger partial charge on any atom is -0.491 e. The predicted octanol–water partition coefficient (Wildman–Crippen LogP) is 0.302. The molecule has 2 heterocycles. The van der Waals surface area contributed by atoms with E-state index in [0.717, 1.165) is 24.5 Å². The molecule has 0 unspecified atom stereocenters. The van der Waals surface area contributed by atoms with Gasteiger partial charge in [0.2, 0.25) is 0 Å². The van der Waals surface area contributed by atoms with Crippen LogP contribution in [0.3, 0.4) is 0 Å². The van der Waals surface area contributed by atoms with Gasteiger partial charge in [0.25, 0.3) is 0 Å². The third-order valence-corrected chi connectivity index (χ3v) is 1.68. The lowest BCUT2D eigenvalue weighted by Gasteiger charge is -2.00. The maximum Gasteiger partial charge on any atom is 0.141 e. The first-order valence-corrected chi connectivity index (χ1v) is 3.49. The van der Waals surface area contributed by atoms with E-state index in [4.69, 9.17) is 10.6 Å². The van der Waals surface area contributed by atoms with Gasteiger partial charge in [0.1, 0.15) is 11.6 Å². The Balaban J connectivity index is 2.41. The number of ether oxygens (including phenoxy) is 1. The molecule has 0 aromatic carbocycles. The Morgan fingerprint density at radius 1 is 1.55 bits per heavy atom. The number of nitrogens with two attached hydrogens (primary N) is 1. The van der Waals surface area contributed by atoms with Crippen molar-refractivity contribution in [2.24, 2.45) is 5.84 Å². The zero-order valence-corrected chi connectivity index (χ0v) is 6.00. The van der Waals surface area contributed by atoms with Crippen LogP contribution in [0.5, 0.6) is 5.75 Å². The lowest BCUT2D eigenvalue weighted by atomic mass is 10.3. The lowest BCUT2D eigenvalue weighted by Crippen LogP contribution is -2.08. The van der Waals surface area contributed by atoms with Crippen molar-refractivity contribution in [2.75, 3.05) is 12.0 Å².